The highest BCUT2D eigenvalue weighted by Crippen LogP contribution is 2.25. The molecule has 126 valence electrons. The normalized spacial score (nSPS) is 11.6. The van der Waals surface area contributed by atoms with E-state index in [4.69, 9.17) is 4.98 Å². The lowest BCUT2D eigenvalue weighted by molar-refractivity contribution is 0.777. The lowest BCUT2D eigenvalue weighted by Gasteiger charge is -2.04. The van der Waals surface area contributed by atoms with Gasteiger partial charge in [-0.25, -0.2) is 15.0 Å². The molecular formula is C22H18N4. The number of benzene rings is 2. The van der Waals surface area contributed by atoms with E-state index in [0.29, 0.717) is 0 Å². The Kier molecular flexibility index (Phi) is 3.42. The summed E-state index contributed by atoms with van der Waals surface area (Å²) in [6.07, 6.45) is 3.49. The maximum Gasteiger partial charge on any atom is 0.159 e. The SMILES string of the molecule is Cn1c(CCc2ccc3cccnc3n2)nc2c3ccccc3ccc21. The van der Waals surface area contributed by atoms with Crippen LogP contribution in [0.4, 0.5) is 0 Å². The molecule has 3 heterocycles. The zero-order chi connectivity index (χ0) is 17.5. The fraction of sp³-hybridized carbons (Fsp3) is 0.136. The molecule has 0 radical (unpaired) electrons. The van der Waals surface area contributed by atoms with Crippen molar-refractivity contribution in [3.8, 4) is 0 Å². The number of imidazole rings is 1. The number of rotatable bonds is 3. The maximum absolute atomic E-state index is 4.94. The largest absolute Gasteiger partial charge is 0.331 e. The standard InChI is InChI=1S/C22H18N4/c1-26-19-12-9-15-5-2-3-7-18(15)21(19)25-20(26)13-11-17-10-8-16-6-4-14-23-22(16)24-17/h2-10,12,14H,11,13H2,1H3. The zero-order valence-corrected chi connectivity index (χ0v) is 14.6. The van der Waals surface area contributed by atoms with Crippen molar-refractivity contribution in [3.05, 3.63) is 78.4 Å². The summed E-state index contributed by atoms with van der Waals surface area (Å²) in [6.45, 7) is 0. The van der Waals surface area contributed by atoms with Crippen molar-refractivity contribution in [1.29, 1.82) is 0 Å². The van der Waals surface area contributed by atoms with Crippen molar-refractivity contribution < 1.29 is 0 Å². The molecule has 26 heavy (non-hydrogen) atoms. The summed E-state index contributed by atoms with van der Waals surface area (Å²) in [7, 11) is 2.09. The van der Waals surface area contributed by atoms with Crippen LogP contribution in [-0.2, 0) is 19.9 Å². The van der Waals surface area contributed by atoms with Crippen LogP contribution in [0.1, 0.15) is 11.5 Å². The molecule has 3 aromatic heterocycles. The average Bonchev–Trinajstić information content (AvgIpc) is 3.02. The van der Waals surface area contributed by atoms with E-state index in [0.717, 1.165) is 40.9 Å². The highest BCUT2D eigenvalue weighted by molar-refractivity contribution is 6.04. The minimum Gasteiger partial charge on any atom is -0.331 e. The Bertz CT molecular complexity index is 1250. The van der Waals surface area contributed by atoms with Crippen molar-refractivity contribution >= 4 is 32.8 Å². The van der Waals surface area contributed by atoms with Crippen LogP contribution in [0.2, 0.25) is 0 Å². The van der Waals surface area contributed by atoms with E-state index in [2.05, 4.69) is 70.1 Å². The van der Waals surface area contributed by atoms with E-state index in [1.54, 1.807) is 6.20 Å². The minimum absolute atomic E-state index is 0.806. The fourth-order valence-electron chi connectivity index (χ4n) is 3.57. The number of pyridine rings is 2. The first-order valence-electron chi connectivity index (χ1n) is 8.83. The number of aromatic nitrogens is 4. The first kappa shape index (κ1) is 15.0. The van der Waals surface area contributed by atoms with Gasteiger partial charge in [-0.05, 0) is 42.1 Å². The van der Waals surface area contributed by atoms with Gasteiger partial charge in [0, 0.05) is 36.1 Å². The number of aryl methyl sites for hydroxylation is 3. The average molecular weight is 338 g/mol. The van der Waals surface area contributed by atoms with Crippen LogP contribution in [-0.4, -0.2) is 19.5 Å². The Labute approximate surface area is 151 Å². The van der Waals surface area contributed by atoms with Crippen LogP contribution in [0, 0.1) is 0 Å². The molecule has 0 atom stereocenters. The third-order valence-electron chi connectivity index (χ3n) is 5.00. The van der Waals surface area contributed by atoms with Crippen molar-refractivity contribution in [2.75, 3.05) is 0 Å². The Morgan fingerprint density at radius 2 is 1.65 bits per heavy atom. The summed E-state index contributed by atoms with van der Waals surface area (Å²) in [5.41, 5.74) is 4.11. The summed E-state index contributed by atoms with van der Waals surface area (Å²) < 4.78 is 2.20. The molecular weight excluding hydrogens is 320 g/mol. The predicted molar refractivity (Wildman–Crippen MR) is 105 cm³/mol. The fourth-order valence-corrected chi connectivity index (χ4v) is 3.57. The van der Waals surface area contributed by atoms with Crippen LogP contribution in [0.25, 0.3) is 32.8 Å². The molecule has 0 amide bonds. The lowest BCUT2D eigenvalue weighted by Crippen LogP contribution is -2.02. The Morgan fingerprint density at radius 1 is 0.808 bits per heavy atom. The molecule has 0 unspecified atom stereocenters. The van der Waals surface area contributed by atoms with Gasteiger partial charge >= 0.3 is 0 Å². The van der Waals surface area contributed by atoms with E-state index < -0.39 is 0 Å². The summed E-state index contributed by atoms with van der Waals surface area (Å²) in [5.74, 6) is 1.08. The van der Waals surface area contributed by atoms with Crippen molar-refractivity contribution in [2.24, 2.45) is 7.05 Å². The van der Waals surface area contributed by atoms with Gasteiger partial charge in [0.1, 0.15) is 5.82 Å². The van der Waals surface area contributed by atoms with E-state index in [9.17, 15) is 0 Å². The predicted octanol–water partition coefficient (Wildman–Crippen LogP) is 4.45. The van der Waals surface area contributed by atoms with Crippen LogP contribution in [0.3, 0.4) is 0 Å². The van der Waals surface area contributed by atoms with Gasteiger partial charge < -0.3 is 4.57 Å². The Morgan fingerprint density at radius 3 is 2.62 bits per heavy atom. The van der Waals surface area contributed by atoms with Crippen LogP contribution in [0.5, 0.6) is 0 Å². The van der Waals surface area contributed by atoms with Crippen LogP contribution in [0.15, 0.2) is 66.9 Å². The molecule has 0 saturated heterocycles. The first-order chi connectivity index (χ1) is 12.8. The van der Waals surface area contributed by atoms with Gasteiger partial charge in [-0.15, -0.1) is 0 Å². The maximum atomic E-state index is 4.94. The van der Waals surface area contributed by atoms with Gasteiger partial charge in [-0.1, -0.05) is 30.3 Å². The van der Waals surface area contributed by atoms with Gasteiger partial charge in [0.15, 0.2) is 5.65 Å². The summed E-state index contributed by atoms with van der Waals surface area (Å²) in [6, 6.07) is 20.9. The topological polar surface area (TPSA) is 43.6 Å². The Balaban J connectivity index is 1.50. The Hall–Kier alpha value is -3.27. The second kappa shape index (κ2) is 5.92. The molecule has 4 nitrogen and oxygen atoms in total. The lowest BCUT2D eigenvalue weighted by atomic mass is 10.1. The minimum atomic E-state index is 0.806. The van der Waals surface area contributed by atoms with Gasteiger partial charge in [-0.2, -0.15) is 0 Å². The van der Waals surface area contributed by atoms with E-state index in [1.807, 2.05) is 12.1 Å². The molecule has 5 aromatic rings. The number of fused-ring (bicyclic) bond motifs is 4. The third kappa shape index (κ3) is 2.42. The number of hydrogen-bond acceptors (Lipinski definition) is 3. The third-order valence-corrected chi connectivity index (χ3v) is 5.00. The second-order valence-electron chi connectivity index (χ2n) is 6.59. The molecule has 0 bridgehead atoms. The molecule has 0 aliphatic rings. The van der Waals surface area contributed by atoms with Crippen molar-refractivity contribution in [2.45, 2.75) is 12.8 Å². The van der Waals surface area contributed by atoms with E-state index in [-0.39, 0.29) is 0 Å². The molecule has 0 fully saturated rings. The van der Waals surface area contributed by atoms with Gasteiger partial charge in [0.2, 0.25) is 0 Å². The zero-order valence-electron chi connectivity index (χ0n) is 14.6. The van der Waals surface area contributed by atoms with E-state index >= 15 is 0 Å². The molecule has 0 saturated carbocycles. The summed E-state index contributed by atoms with van der Waals surface area (Å²) in [5, 5.41) is 3.51. The quantitative estimate of drug-likeness (QED) is 0.488. The number of nitrogens with zero attached hydrogens (tertiary/aromatic N) is 4. The molecule has 4 heteroatoms. The highest BCUT2D eigenvalue weighted by atomic mass is 15.1. The van der Waals surface area contributed by atoms with Crippen LogP contribution < -0.4 is 0 Å². The van der Waals surface area contributed by atoms with Gasteiger partial charge in [-0.3, -0.25) is 0 Å². The molecule has 0 aliphatic heterocycles. The van der Waals surface area contributed by atoms with Gasteiger partial charge in [0.25, 0.3) is 0 Å². The molecule has 0 N–H and O–H groups in total. The van der Waals surface area contributed by atoms with Gasteiger partial charge in [0.05, 0.1) is 11.0 Å². The summed E-state index contributed by atoms with van der Waals surface area (Å²) in [4.78, 5) is 14.0. The summed E-state index contributed by atoms with van der Waals surface area (Å²) >= 11 is 0. The van der Waals surface area contributed by atoms with E-state index in [1.165, 1.54) is 16.3 Å². The first-order valence-corrected chi connectivity index (χ1v) is 8.83. The number of hydrogen-bond donors (Lipinski definition) is 0. The smallest absolute Gasteiger partial charge is 0.159 e. The molecule has 0 aliphatic carbocycles. The second-order valence-corrected chi connectivity index (χ2v) is 6.59. The van der Waals surface area contributed by atoms with Crippen molar-refractivity contribution in [3.63, 3.8) is 0 Å². The highest BCUT2D eigenvalue weighted by Gasteiger charge is 2.11. The van der Waals surface area contributed by atoms with Crippen molar-refractivity contribution in [1.82, 2.24) is 19.5 Å². The monoisotopic (exact) mass is 338 g/mol. The molecule has 0 spiro atoms. The molecule has 2 aromatic carbocycles. The molecule has 5 rings (SSSR count). The van der Waals surface area contributed by atoms with Crippen LogP contribution >= 0.6 is 0 Å².